The Hall–Kier alpha value is -3.74. The molecular formula is C25H26N6O. The zero-order valence-electron chi connectivity index (χ0n) is 17.9. The van der Waals surface area contributed by atoms with Gasteiger partial charge in [0.15, 0.2) is 0 Å². The van der Waals surface area contributed by atoms with Crippen LogP contribution in [0.4, 0.5) is 5.82 Å². The van der Waals surface area contributed by atoms with Crippen LogP contribution in [0, 0.1) is 0 Å². The molecule has 1 unspecified atom stereocenters. The van der Waals surface area contributed by atoms with E-state index in [1.807, 2.05) is 29.3 Å². The molecule has 0 aliphatic carbocycles. The van der Waals surface area contributed by atoms with Crippen LogP contribution in [-0.2, 0) is 11.2 Å². The summed E-state index contributed by atoms with van der Waals surface area (Å²) in [5.41, 5.74) is 11.2. The number of nitrogens with zero attached hydrogens (tertiary/aromatic N) is 4. The lowest BCUT2D eigenvalue weighted by Gasteiger charge is -2.17. The average molecular weight is 427 g/mol. The maximum absolute atomic E-state index is 12.9. The van der Waals surface area contributed by atoms with Crippen LogP contribution in [0.25, 0.3) is 22.0 Å². The van der Waals surface area contributed by atoms with E-state index in [1.165, 1.54) is 10.9 Å². The van der Waals surface area contributed by atoms with Crippen LogP contribution in [0.15, 0.2) is 61.3 Å². The van der Waals surface area contributed by atoms with Gasteiger partial charge in [-0.2, -0.15) is 0 Å². The summed E-state index contributed by atoms with van der Waals surface area (Å²) in [6.45, 7) is 1.45. The third kappa shape index (κ3) is 4.06. The number of carbonyl (C=O) groups is 1. The molecule has 1 saturated heterocycles. The van der Waals surface area contributed by atoms with Crippen LogP contribution < -0.4 is 5.73 Å². The van der Waals surface area contributed by atoms with Crippen molar-refractivity contribution in [2.24, 2.45) is 0 Å². The van der Waals surface area contributed by atoms with E-state index < -0.39 is 0 Å². The van der Waals surface area contributed by atoms with Gasteiger partial charge < -0.3 is 15.6 Å². The van der Waals surface area contributed by atoms with E-state index in [0.29, 0.717) is 18.8 Å². The number of anilines is 1. The zero-order valence-corrected chi connectivity index (χ0v) is 17.9. The first-order valence-electron chi connectivity index (χ1n) is 11.0. The van der Waals surface area contributed by atoms with Gasteiger partial charge in [-0.1, -0.05) is 18.2 Å². The Morgan fingerprint density at radius 3 is 3.03 bits per heavy atom. The summed E-state index contributed by atoms with van der Waals surface area (Å²) in [7, 11) is 0. The number of nitrogens with one attached hydrogen (secondary N) is 1. The number of aryl methyl sites for hydroxylation is 1. The first-order chi connectivity index (χ1) is 15.7. The summed E-state index contributed by atoms with van der Waals surface area (Å²) >= 11 is 0. The Balaban J connectivity index is 1.22. The van der Waals surface area contributed by atoms with E-state index in [0.717, 1.165) is 48.1 Å². The summed E-state index contributed by atoms with van der Waals surface area (Å²) in [5.74, 6) is 0.881. The highest BCUT2D eigenvalue weighted by atomic mass is 16.2. The molecule has 5 rings (SSSR count). The number of aromatic nitrogens is 4. The van der Waals surface area contributed by atoms with Gasteiger partial charge in [-0.3, -0.25) is 4.79 Å². The minimum absolute atomic E-state index is 0.194. The molecule has 1 fully saturated rings. The molecule has 1 aliphatic heterocycles. The maximum Gasteiger partial charge on any atom is 0.222 e. The smallest absolute Gasteiger partial charge is 0.222 e. The summed E-state index contributed by atoms with van der Waals surface area (Å²) in [6.07, 6.45) is 10.4. The van der Waals surface area contributed by atoms with Crippen molar-refractivity contribution >= 4 is 22.6 Å². The first kappa shape index (κ1) is 20.2. The van der Waals surface area contributed by atoms with Crippen LogP contribution in [-0.4, -0.2) is 43.8 Å². The van der Waals surface area contributed by atoms with Crippen molar-refractivity contribution in [3.05, 3.63) is 72.6 Å². The number of H-pyrrole nitrogens is 1. The van der Waals surface area contributed by atoms with E-state index in [4.69, 9.17) is 5.73 Å². The van der Waals surface area contributed by atoms with Gasteiger partial charge >= 0.3 is 0 Å². The standard InChI is InChI=1S/C25H26N6O/c26-23-12-17(8-10-28-23)21-14-27-16-30-25(21)19-9-11-31(15-19)24(32)7-3-4-18-13-29-22-6-2-1-5-20(18)22/h1-2,5-6,8,10,12-14,16,19,29H,3-4,7,9,11,15H2,(H2,26,28). The molecule has 7 nitrogen and oxygen atoms in total. The normalized spacial score (nSPS) is 16.0. The highest BCUT2D eigenvalue weighted by Crippen LogP contribution is 2.33. The topological polar surface area (TPSA) is 101 Å². The van der Waals surface area contributed by atoms with E-state index >= 15 is 0 Å². The number of nitrogen functional groups attached to an aromatic ring is 1. The number of aromatic amines is 1. The molecule has 1 atom stereocenters. The fourth-order valence-corrected chi connectivity index (χ4v) is 4.64. The Morgan fingerprint density at radius 2 is 2.12 bits per heavy atom. The van der Waals surface area contributed by atoms with Crippen LogP contribution >= 0.6 is 0 Å². The molecule has 4 heterocycles. The van der Waals surface area contributed by atoms with Gasteiger partial charge in [0.1, 0.15) is 12.1 Å². The van der Waals surface area contributed by atoms with Crippen molar-refractivity contribution in [3.63, 3.8) is 0 Å². The summed E-state index contributed by atoms with van der Waals surface area (Å²) in [4.78, 5) is 31.0. The lowest BCUT2D eigenvalue weighted by molar-refractivity contribution is -0.130. The first-order valence-corrected chi connectivity index (χ1v) is 11.0. The van der Waals surface area contributed by atoms with Crippen LogP contribution in [0.5, 0.6) is 0 Å². The number of pyridine rings is 1. The third-order valence-corrected chi connectivity index (χ3v) is 6.27. The fourth-order valence-electron chi connectivity index (χ4n) is 4.64. The number of hydrogen-bond acceptors (Lipinski definition) is 5. The van der Waals surface area contributed by atoms with Crippen molar-refractivity contribution < 1.29 is 4.79 Å². The van der Waals surface area contributed by atoms with Crippen LogP contribution in [0.2, 0.25) is 0 Å². The molecule has 7 heteroatoms. The maximum atomic E-state index is 12.9. The van der Waals surface area contributed by atoms with E-state index in [1.54, 1.807) is 12.5 Å². The number of para-hydroxylation sites is 1. The molecule has 3 aromatic heterocycles. The van der Waals surface area contributed by atoms with Gasteiger partial charge in [-0.15, -0.1) is 0 Å². The minimum Gasteiger partial charge on any atom is -0.384 e. The monoisotopic (exact) mass is 426 g/mol. The fraction of sp³-hybridized carbons (Fsp3) is 0.280. The average Bonchev–Trinajstić information content (AvgIpc) is 3.47. The number of likely N-dealkylation sites (tertiary alicyclic amines) is 1. The van der Waals surface area contributed by atoms with E-state index in [2.05, 4.69) is 44.3 Å². The number of hydrogen-bond donors (Lipinski definition) is 2. The van der Waals surface area contributed by atoms with Gasteiger partial charge in [-0.05, 0) is 48.6 Å². The second-order valence-corrected chi connectivity index (χ2v) is 8.33. The lowest BCUT2D eigenvalue weighted by atomic mass is 9.96. The highest BCUT2D eigenvalue weighted by Gasteiger charge is 2.29. The van der Waals surface area contributed by atoms with Crippen LogP contribution in [0.3, 0.4) is 0 Å². The molecule has 1 amide bonds. The van der Waals surface area contributed by atoms with Crippen LogP contribution in [0.1, 0.15) is 36.4 Å². The molecular weight excluding hydrogens is 400 g/mol. The molecule has 32 heavy (non-hydrogen) atoms. The molecule has 0 bridgehead atoms. The van der Waals surface area contributed by atoms with Crippen molar-refractivity contribution in [1.29, 1.82) is 0 Å². The predicted molar refractivity (Wildman–Crippen MR) is 125 cm³/mol. The Morgan fingerprint density at radius 1 is 1.22 bits per heavy atom. The lowest BCUT2D eigenvalue weighted by Crippen LogP contribution is -2.28. The summed E-state index contributed by atoms with van der Waals surface area (Å²) in [5, 5.41) is 1.24. The second-order valence-electron chi connectivity index (χ2n) is 8.33. The number of carbonyl (C=O) groups excluding carboxylic acids is 1. The predicted octanol–water partition coefficient (Wildman–Crippen LogP) is 3.94. The van der Waals surface area contributed by atoms with Gasteiger partial charge in [0.2, 0.25) is 5.91 Å². The number of benzene rings is 1. The summed E-state index contributed by atoms with van der Waals surface area (Å²) < 4.78 is 0. The third-order valence-electron chi connectivity index (χ3n) is 6.27. The van der Waals surface area contributed by atoms with Crippen molar-refractivity contribution in [2.75, 3.05) is 18.8 Å². The molecule has 1 aromatic carbocycles. The molecule has 0 saturated carbocycles. The van der Waals surface area contributed by atoms with E-state index in [-0.39, 0.29) is 11.8 Å². The van der Waals surface area contributed by atoms with Crippen molar-refractivity contribution in [3.8, 4) is 11.1 Å². The van der Waals surface area contributed by atoms with Gasteiger partial charge in [0.05, 0.1) is 5.69 Å². The Kier molecular flexibility index (Phi) is 5.54. The quantitative estimate of drug-likeness (QED) is 0.486. The largest absolute Gasteiger partial charge is 0.384 e. The number of rotatable bonds is 6. The Labute approximate surface area is 186 Å². The van der Waals surface area contributed by atoms with Gasteiger partial charge in [0.25, 0.3) is 0 Å². The second kappa shape index (κ2) is 8.78. The highest BCUT2D eigenvalue weighted by molar-refractivity contribution is 5.83. The van der Waals surface area contributed by atoms with Crippen molar-refractivity contribution in [2.45, 2.75) is 31.6 Å². The van der Waals surface area contributed by atoms with Gasteiger partial charge in [-0.25, -0.2) is 15.0 Å². The van der Waals surface area contributed by atoms with Gasteiger partial charge in [0, 0.05) is 60.5 Å². The summed E-state index contributed by atoms with van der Waals surface area (Å²) in [6, 6.07) is 12.0. The van der Waals surface area contributed by atoms with E-state index in [9.17, 15) is 4.79 Å². The molecule has 162 valence electrons. The molecule has 0 spiro atoms. The number of amides is 1. The number of fused-ring (bicyclic) bond motifs is 1. The zero-order chi connectivity index (χ0) is 21.9. The number of nitrogens with two attached hydrogens (primary N) is 1. The molecule has 1 aliphatic rings. The Bertz CT molecular complexity index is 1250. The minimum atomic E-state index is 0.194. The van der Waals surface area contributed by atoms with Crippen molar-refractivity contribution in [1.82, 2.24) is 24.8 Å². The molecule has 0 radical (unpaired) electrons. The molecule has 4 aromatic rings. The SMILES string of the molecule is Nc1cc(-c2cncnc2C2CCN(C(=O)CCCc3c[nH]c4ccccc34)C2)ccn1. The molecule has 3 N–H and O–H groups in total.